The average molecular weight is 348 g/mol. The third kappa shape index (κ3) is 3.17. The second kappa shape index (κ2) is 6.63. The van der Waals surface area contributed by atoms with Gasteiger partial charge in [0.05, 0.1) is 0 Å². The molecule has 110 valence electrons. The second-order valence-corrected chi connectivity index (χ2v) is 5.82. The van der Waals surface area contributed by atoms with Crippen LogP contribution in [0.15, 0.2) is 16.6 Å². The average Bonchev–Trinajstić information content (AvgIpc) is 2.83. The first-order valence-corrected chi connectivity index (χ1v) is 7.40. The lowest BCUT2D eigenvalue weighted by atomic mass is 10.1. The summed E-state index contributed by atoms with van der Waals surface area (Å²) in [5.74, 6) is -2.31. The van der Waals surface area contributed by atoms with Crippen LogP contribution in [0, 0.1) is 11.6 Å². The molecule has 0 radical (unpaired) electrons. The van der Waals surface area contributed by atoms with Gasteiger partial charge in [0.15, 0.2) is 0 Å². The maximum atomic E-state index is 13.8. The Morgan fingerprint density at radius 3 is 2.65 bits per heavy atom. The number of hydrogen-bond donors (Lipinski definition) is 1. The van der Waals surface area contributed by atoms with E-state index in [4.69, 9.17) is 5.11 Å². The molecule has 20 heavy (non-hydrogen) atoms. The molecule has 2 rings (SSSR count). The predicted molar refractivity (Wildman–Crippen MR) is 74.4 cm³/mol. The second-order valence-electron chi connectivity index (χ2n) is 4.90. The summed E-state index contributed by atoms with van der Waals surface area (Å²) < 4.78 is 27.9. The van der Waals surface area contributed by atoms with Crippen LogP contribution in [0.5, 0.6) is 0 Å². The molecule has 1 saturated heterocycles. The fraction of sp³-hybridized carbons (Fsp3) is 0.500. The van der Waals surface area contributed by atoms with Gasteiger partial charge in [-0.2, -0.15) is 0 Å². The van der Waals surface area contributed by atoms with Crippen LogP contribution in [0.4, 0.5) is 8.78 Å². The number of carbonyl (C=O) groups excluding carboxylic acids is 1. The molecular formula is C14H16BrF2NO2. The van der Waals surface area contributed by atoms with Crippen LogP contribution >= 0.6 is 15.9 Å². The number of hydrogen-bond acceptors (Lipinski definition) is 2. The van der Waals surface area contributed by atoms with Crippen LogP contribution in [-0.4, -0.2) is 35.1 Å². The smallest absolute Gasteiger partial charge is 0.260 e. The van der Waals surface area contributed by atoms with Crippen LogP contribution in [0.3, 0.4) is 0 Å². The van der Waals surface area contributed by atoms with Crippen molar-refractivity contribution in [2.75, 3.05) is 13.2 Å². The third-order valence-corrected chi connectivity index (χ3v) is 4.01. The van der Waals surface area contributed by atoms with Crippen molar-refractivity contribution in [3.63, 3.8) is 0 Å². The number of rotatable bonds is 4. The summed E-state index contributed by atoms with van der Waals surface area (Å²) in [6, 6.07) is 2.14. The monoisotopic (exact) mass is 347 g/mol. The molecule has 1 N–H and O–H groups in total. The van der Waals surface area contributed by atoms with Gasteiger partial charge in [-0.25, -0.2) is 8.78 Å². The van der Waals surface area contributed by atoms with Crippen molar-refractivity contribution in [1.82, 2.24) is 4.90 Å². The van der Waals surface area contributed by atoms with Crippen LogP contribution < -0.4 is 0 Å². The summed E-state index contributed by atoms with van der Waals surface area (Å²) in [5.41, 5.74) is -0.496. The van der Waals surface area contributed by atoms with E-state index in [1.165, 1.54) is 4.90 Å². The molecular weight excluding hydrogens is 332 g/mol. The Kier molecular flexibility index (Phi) is 5.10. The molecule has 1 aromatic carbocycles. The number of benzene rings is 1. The normalized spacial score (nSPS) is 18.6. The summed E-state index contributed by atoms with van der Waals surface area (Å²) in [6.07, 6.45) is 2.87. The molecule has 0 saturated carbocycles. The first-order valence-electron chi connectivity index (χ1n) is 6.61. The molecule has 1 atom stereocenters. The summed E-state index contributed by atoms with van der Waals surface area (Å²) in [6.45, 7) is 0.559. The number of likely N-dealkylation sites (tertiary alicyclic amines) is 1. The summed E-state index contributed by atoms with van der Waals surface area (Å²) in [5, 5.41) is 8.86. The van der Waals surface area contributed by atoms with Gasteiger partial charge in [-0.05, 0) is 37.8 Å². The number of nitrogens with zero attached hydrogens (tertiary/aromatic N) is 1. The SMILES string of the molecule is O=C(c1c(F)cc(Br)cc1F)N1CCCC1CCCO. The van der Waals surface area contributed by atoms with Gasteiger partial charge in [-0.1, -0.05) is 15.9 Å². The minimum absolute atomic E-state index is 0.0444. The predicted octanol–water partition coefficient (Wildman–Crippen LogP) is 3.10. The lowest BCUT2D eigenvalue weighted by Gasteiger charge is -2.25. The molecule has 1 aliphatic rings. The van der Waals surface area contributed by atoms with Crippen molar-refractivity contribution in [3.8, 4) is 0 Å². The van der Waals surface area contributed by atoms with Gasteiger partial charge in [0.1, 0.15) is 17.2 Å². The lowest BCUT2D eigenvalue weighted by Crippen LogP contribution is -2.36. The maximum Gasteiger partial charge on any atom is 0.260 e. The number of aliphatic hydroxyl groups excluding tert-OH is 1. The Bertz CT molecular complexity index is 487. The van der Waals surface area contributed by atoms with E-state index in [0.29, 0.717) is 19.4 Å². The molecule has 3 nitrogen and oxygen atoms in total. The topological polar surface area (TPSA) is 40.5 Å². The van der Waals surface area contributed by atoms with Crippen molar-refractivity contribution in [2.45, 2.75) is 31.7 Å². The third-order valence-electron chi connectivity index (χ3n) is 3.55. The minimum atomic E-state index is -0.852. The highest BCUT2D eigenvalue weighted by Gasteiger charge is 2.32. The molecule has 6 heteroatoms. The van der Waals surface area contributed by atoms with Crippen molar-refractivity contribution < 1.29 is 18.7 Å². The Hall–Kier alpha value is -1.01. The molecule has 0 bridgehead atoms. The Morgan fingerprint density at radius 1 is 1.40 bits per heavy atom. The van der Waals surface area contributed by atoms with Gasteiger partial charge < -0.3 is 10.0 Å². The van der Waals surface area contributed by atoms with Crippen molar-refractivity contribution in [2.24, 2.45) is 0 Å². The van der Waals surface area contributed by atoms with Crippen LogP contribution in [-0.2, 0) is 0 Å². The molecule has 1 fully saturated rings. The molecule has 0 spiro atoms. The quantitative estimate of drug-likeness (QED) is 0.908. The largest absolute Gasteiger partial charge is 0.396 e. The van der Waals surface area contributed by atoms with E-state index in [1.807, 2.05) is 0 Å². The van der Waals surface area contributed by atoms with E-state index in [1.54, 1.807) is 0 Å². The van der Waals surface area contributed by atoms with Gasteiger partial charge in [-0.3, -0.25) is 4.79 Å². The lowest BCUT2D eigenvalue weighted by molar-refractivity contribution is 0.0714. The summed E-state index contributed by atoms with van der Waals surface area (Å²) >= 11 is 2.99. The van der Waals surface area contributed by atoms with Gasteiger partial charge in [0.2, 0.25) is 0 Å². The van der Waals surface area contributed by atoms with Crippen LogP contribution in [0.25, 0.3) is 0 Å². The van der Waals surface area contributed by atoms with Crippen LogP contribution in [0.1, 0.15) is 36.0 Å². The standard InChI is InChI=1S/C14H16BrF2NO2/c15-9-7-11(16)13(12(17)8-9)14(20)18-5-1-3-10(18)4-2-6-19/h7-8,10,19H,1-6H2. The minimum Gasteiger partial charge on any atom is -0.396 e. The number of halogens is 3. The maximum absolute atomic E-state index is 13.8. The summed E-state index contributed by atoms with van der Waals surface area (Å²) in [7, 11) is 0. The fourth-order valence-corrected chi connectivity index (χ4v) is 3.02. The number of aliphatic hydroxyl groups is 1. The molecule has 0 aromatic heterocycles. The van der Waals surface area contributed by atoms with Gasteiger partial charge in [0, 0.05) is 23.7 Å². The zero-order valence-electron chi connectivity index (χ0n) is 10.9. The zero-order chi connectivity index (χ0) is 14.7. The first kappa shape index (κ1) is 15.4. The van der Waals surface area contributed by atoms with Gasteiger partial charge >= 0.3 is 0 Å². The molecule has 0 aliphatic carbocycles. The highest BCUT2D eigenvalue weighted by atomic mass is 79.9. The van der Waals surface area contributed by atoms with E-state index in [0.717, 1.165) is 25.0 Å². The molecule has 1 unspecified atom stereocenters. The van der Waals surface area contributed by atoms with Crippen molar-refractivity contribution >= 4 is 21.8 Å². The van der Waals surface area contributed by atoms with E-state index >= 15 is 0 Å². The van der Waals surface area contributed by atoms with E-state index < -0.39 is 23.1 Å². The Balaban J connectivity index is 2.22. The van der Waals surface area contributed by atoms with Crippen molar-refractivity contribution in [3.05, 3.63) is 33.8 Å². The van der Waals surface area contributed by atoms with E-state index in [-0.39, 0.29) is 17.1 Å². The zero-order valence-corrected chi connectivity index (χ0v) is 12.5. The van der Waals surface area contributed by atoms with E-state index in [2.05, 4.69) is 15.9 Å². The number of amides is 1. The highest BCUT2D eigenvalue weighted by Crippen LogP contribution is 2.27. The summed E-state index contributed by atoms with van der Waals surface area (Å²) in [4.78, 5) is 13.9. The molecule has 1 aliphatic heterocycles. The number of carbonyl (C=O) groups is 1. The van der Waals surface area contributed by atoms with E-state index in [9.17, 15) is 13.6 Å². The molecule has 1 aromatic rings. The molecule has 1 amide bonds. The molecule has 1 heterocycles. The Labute approximate surface area is 124 Å². The van der Waals surface area contributed by atoms with Gasteiger partial charge in [-0.15, -0.1) is 0 Å². The van der Waals surface area contributed by atoms with Crippen molar-refractivity contribution in [1.29, 1.82) is 0 Å². The Morgan fingerprint density at radius 2 is 2.05 bits per heavy atom. The van der Waals surface area contributed by atoms with Gasteiger partial charge in [0.25, 0.3) is 5.91 Å². The first-order chi connectivity index (χ1) is 9.54. The van der Waals surface area contributed by atoms with Crippen LogP contribution in [0.2, 0.25) is 0 Å². The highest BCUT2D eigenvalue weighted by molar-refractivity contribution is 9.10. The fourth-order valence-electron chi connectivity index (χ4n) is 2.62.